The number of hydrogen-bond donors (Lipinski definition) is 2. The lowest BCUT2D eigenvalue weighted by Crippen LogP contribution is -2.08. The van der Waals surface area contributed by atoms with Crippen molar-refractivity contribution in [1.82, 2.24) is 15.0 Å². The second-order valence-corrected chi connectivity index (χ2v) is 3.77. The van der Waals surface area contributed by atoms with Gasteiger partial charge in [0.25, 0.3) is 0 Å². The number of hydrogen-bond acceptors (Lipinski definition) is 7. The minimum atomic E-state index is 0.0494. The van der Waals surface area contributed by atoms with Crippen molar-refractivity contribution in [3.63, 3.8) is 0 Å². The number of para-hydroxylation sites is 2. The Morgan fingerprint density at radius 1 is 1.20 bits per heavy atom. The lowest BCUT2D eigenvalue weighted by atomic mass is 10.3. The Labute approximate surface area is 116 Å². The van der Waals surface area contributed by atoms with Crippen molar-refractivity contribution in [2.24, 2.45) is 0 Å². The molecule has 0 aliphatic rings. The predicted molar refractivity (Wildman–Crippen MR) is 75.0 cm³/mol. The molecule has 0 spiro atoms. The van der Waals surface area contributed by atoms with Gasteiger partial charge in [-0.25, -0.2) is 0 Å². The van der Waals surface area contributed by atoms with E-state index in [1.807, 2.05) is 37.3 Å². The molecule has 1 aromatic heterocycles. The maximum atomic E-state index is 8.94. The summed E-state index contributed by atoms with van der Waals surface area (Å²) in [7, 11) is 1.58. The summed E-state index contributed by atoms with van der Waals surface area (Å²) in [4.78, 5) is 12.2. The number of methoxy groups -OCH3 is 1. The summed E-state index contributed by atoms with van der Waals surface area (Å²) in [5.41, 5.74) is 0.715. The molecule has 0 aliphatic heterocycles. The summed E-state index contributed by atoms with van der Waals surface area (Å²) in [5.74, 6) is 1.36. The Balaban J connectivity index is 2.33. The summed E-state index contributed by atoms with van der Waals surface area (Å²) in [6, 6.07) is 9.29. The molecule has 0 atom stereocenters. The SMILES string of the molecule is CCNc1nc(C#N)nc(Nc2ccccc2OC)n1. The minimum absolute atomic E-state index is 0.0494. The summed E-state index contributed by atoms with van der Waals surface area (Å²) < 4.78 is 5.24. The lowest BCUT2D eigenvalue weighted by Gasteiger charge is -2.10. The average molecular weight is 270 g/mol. The molecular formula is C13H14N6O. The van der Waals surface area contributed by atoms with Crippen LogP contribution in [0.15, 0.2) is 24.3 Å². The van der Waals surface area contributed by atoms with Gasteiger partial charge < -0.3 is 15.4 Å². The van der Waals surface area contributed by atoms with Crippen LogP contribution in [0.4, 0.5) is 17.6 Å². The molecule has 102 valence electrons. The van der Waals surface area contributed by atoms with Crippen molar-refractivity contribution in [3.8, 4) is 11.8 Å². The largest absolute Gasteiger partial charge is 0.495 e. The Bertz CT molecular complexity index is 637. The van der Waals surface area contributed by atoms with Gasteiger partial charge in [0.2, 0.25) is 17.7 Å². The van der Waals surface area contributed by atoms with Crippen LogP contribution in [0.1, 0.15) is 12.7 Å². The maximum Gasteiger partial charge on any atom is 0.238 e. The van der Waals surface area contributed by atoms with Crippen LogP contribution in [0.2, 0.25) is 0 Å². The minimum Gasteiger partial charge on any atom is -0.495 e. The fourth-order valence-electron chi connectivity index (χ4n) is 1.59. The Kier molecular flexibility index (Phi) is 4.29. The Morgan fingerprint density at radius 3 is 2.65 bits per heavy atom. The van der Waals surface area contributed by atoms with E-state index in [0.717, 1.165) is 0 Å². The second kappa shape index (κ2) is 6.33. The van der Waals surface area contributed by atoms with Gasteiger partial charge >= 0.3 is 0 Å². The normalized spacial score (nSPS) is 9.65. The van der Waals surface area contributed by atoms with E-state index in [-0.39, 0.29) is 11.8 Å². The van der Waals surface area contributed by atoms with Crippen LogP contribution in [0.3, 0.4) is 0 Å². The van der Waals surface area contributed by atoms with Crippen LogP contribution in [-0.2, 0) is 0 Å². The topological polar surface area (TPSA) is 95.8 Å². The first-order valence-electron chi connectivity index (χ1n) is 6.07. The first-order valence-corrected chi connectivity index (χ1v) is 6.07. The molecule has 1 aromatic carbocycles. The Morgan fingerprint density at radius 2 is 1.95 bits per heavy atom. The van der Waals surface area contributed by atoms with E-state index in [1.54, 1.807) is 7.11 Å². The highest BCUT2D eigenvalue weighted by Crippen LogP contribution is 2.25. The zero-order valence-electron chi connectivity index (χ0n) is 11.2. The van der Waals surface area contributed by atoms with E-state index >= 15 is 0 Å². The molecule has 0 fully saturated rings. The molecule has 2 rings (SSSR count). The number of nitriles is 1. The zero-order chi connectivity index (χ0) is 14.4. The van der Waals surface area contributed by atoms with E-state index in [2.05, 4.69) is 25.6 Å². The van der Waals surface area contributed by atoms with Gasteiger partial charge in [-0.2, -0.15) is 20.2 Å². The summed E-state index contributed by atoms with van der Waals surface area (Å²) in [5, 5.41) is 14.9. The van der Waals surface area contributed by atoms with Crippen molar-refractivity contribution in [2.45, 2.75) is 6.92 Å². The van der Waals surface area contributed by atoms with E-state index in [9.17, 15) is 0 Å². The summed E-state index contributed by atoms with van der Waals surface area (Å²) in [6.07, 6.45) is 0. The number of nitrogens with zero attached hydrogens (tertiary/aromatic N) is 4. The van der Waals surface area contributed by atoms with Crippen LogP contribution in [-0.4, -0.2) is 28.6 Å². The van der Waals surface area contributed by atoms with E-state index in [0.29, 0.717) is 23.9 Å². The first-order chi connectivity index (χ1) is 9.76. The van der Waals surface area contributed by atoms with Crippen LogP contribution in [0, 0.1) is 11.3 Å². The lowest BCUT2D eigenvalue weighted by molar-refractivity contribution is 0.417. The quantitative estimate of drug-likeness (QED) is 0.856. The molecule has 0 aliphatic carbocycles. The molecular weight excluding hydrogens is 256 g/mol. The molecule has 2 N–H and O–H groups in total. The van der Waals surface area contributed by atoms with Crippen molar-refractivity contribution < 1.29 is 4.74 Å². The molecule has 7 heteroatoms. The van der Waals surface area contributed by atoms with Crippen LogP contribution >= 0.6 is 0 Å². The molecule has 1 heterocycles. The van der Waals surface area contributed by atoms with Gasteiger partial charge in [0, 0.05) is 6.54 Å². The second-order valence-electron chi connectivity index (χ2n) is 3.77. The third-order valence-electron chi connectivity index (χ3n) is 2.42. The summed E-state index contributed by atoms with van der Waals surface area (Å²) in [6.45, 7) is 2.58. The number of nitrogens with one attached hydrogen (secondary N) is 2. The molecule has 7 nitrogen and oxygen atoms in total. The standard InChI is InChI=1S/C13H14N6O/c1-3-15-12-17-11(8-14)18-13(19-12)16-9-6-4-5-7-10(9)20-2/h4-7H,3H2,1-2H3,(H2,15,16,17,18,19). The number of ether oxygens (including phenoxy) is 1. The average Bonchev–Trinajstić information content (AvgIpc) is 2.48. The fourth-order valence-corrected chi connectivity index (χ4v) is 1.59. The van der Waals surface area contributed by atoms with Gasteiger partial charge in [-0.1, -0.05) is 12.1 Å². The first kappa shape index (κ1) is 13.5. The summed E-state index contributed by atoms with van der Waals surface area (Å²) >= 11 is 0. The number of aromatic nitrogens is 3. The van der Waals surface area contributed by atoms with Gasteiger partial charge in [0.1, 0.15) is 11.8 Å². The highest BCUT2D eigenvalue weighted by Gasteiger charge is 2.08. The van der Waals surface area contributed by atoms with Gasteiger partial charge in [-0.15, -0.1) is 0 Å². The zero-order valence-corrected chi connectivity index (χ0v) is 11.2. The molecule has 0 unspecified atom stereocenters. The third-order valence-corrected chi connectivity index (χ3v) is 2.42. The molecule has 0 bridgehead atoms. The van der Waals surface area contributed by atoms with Crippen LogP contribution < -0.4 is 15.4 Å². The molecule has 0 amide bonds. The highest BCUT2D eigenvalue weighted by atomic mass is 16.5. The van der Waals surface area contributed by atoms with Gasteiger partial charge in [-0.05, 0) is 19.1 Å². The van der Waals surface area contributed by atoms with Crippen molar-refractivity contribution >= 4 is 17.6 Å². The molecule has 2 aromatic rings. The van der Waals surface area contributed by atoms with E-state index in [4.69, 9.17) is 10.00 Å². The van der Waals surface area contributed by atoms with E-state index < -0.39 is 0 Å². The maximum absolute atomic E-state index is 8.94. The molecule has 20 heavy (non-hydrogen) atoms. The monoisotopic (exact) mass is 270 g/mol. The van der Waals surface area contributed by atoms with Crippen molar-refractivity contribution in [2.75, 3.05) is 24.3 Å². The third kappa shape index (κ3) is 3.11. The molecule has 0 saturated heterocycles. The number of rotatable bonds is 5. The predicted octanol–water partition coefficient (Wildman–Crippen LogP) is 1.93. The van der Waals surface area contributed by atoms with E-state index in [1.165, 1.54) is 0 Å². The number of anilines is 3. The van der Waals surface area contributed by atoms with Gasteiger partial charge in [0.05, 0.1) is 12.8 Å². The van der Waals surface area contributed by atoms with Crippen molar-refractivity contribution in [3.05, 3.63) is 30.1 Å². The number of benzene rings is 1. The fraction of sp³-hybridized carbons (Fsp3) is 0.231. The highest BCUT2D eigenvalue weighted by molar-refractivity contribution is 5.62. The van der Waals surface area contributed by atoms with Crippen LogP contribution in [0.25, 0.3) is 0 Å². The van der Waals surface area contributed by atoms with Crippen LogP contribution in [0.5, 0.6) is 5.75 Å². The molecule has 0 radical (unpaired) electrons. The van der Waals surface area contributed by atoms with Gasteiger partial charge in [0.15, 0.2) is 0 Å². The van der Waals surface area contributed by atoms with Crippen molar-refractivity contribution in [1.29, 1.82) is 5.26 Å². The molecule has 0 saturated carbocycles. The van der Waals surface area contributed by atoms with Gasteiger partial charge in [-0.3, -0.25) is 0 Å². The smallest absolute Gasteiger partial charge is 0.238 e. The Hall–Kier alpha value is -2.88.